The molecule has 2 unspecified atom stereocenters. The zero-order valence-corrected chi connectivity index (χ0v) is 7.92. The third kappa shape index (κ3) is 1.16. The van der Waals surface area contributed by atoms with Crippen molar-refractivity contribution in [2.24, 2.45) is 11.8 Å². The molecule has 13 heavy (non-hydrogen) atoms. The van der Waals surface area contributed by atoms with E-state index in [1.807, 2.05) is 0 Å². The molecular weight excluding hydrogens is 164 g/mol. The molecule has 2 nitrogen and oxygen atoms in total. The van der Waals surface area contributed by atoms with Gasteiger partial charge >= 0.3 is 0 Å². The van der Waals surface area contributed by atoms with Crippen LogP contribution in [0.1, 0.15) is 25.7 Å². The molecule has 1 spiro atoms. The molecule has 0 bridgehead atoms. The van der Waals surface area contributed by atoms with E-state index in [2.05, 4.69) is 6.58 Å². The average molecular weight is 180 g/mol. The summed E-state index contributed by atoms with van der Waals surface area (Å²) in [6.07, 6.45) is 4.63. The van der Waals surface area contributed by atoms with Gasteiger partial charge in [-0.2, -0.15) is 0 Å². The molecule has 0 aromatic carbocycles. The third-order valence-corrected chi connectivity index (χ3v) is 3.73. The second-order valence-corrected chi connectivity index (χ2v) is 4.69. The van der Waals surface area contributed by atoms with Crippen LogP contribution >= 0.6 is 0 Å². The highest BCUT2D eigenvalue weighted by molar-refractivity contribution is 5.11. The molecule has 0 aromatic heterocycles. The Labute approximate surface area is 78.9 Å². The Balaban J connectivity index is 1.77. The molecule has 3 fully saturated rings. The fraction of sp³-hybridized carbons (Fsp3) is 0.818. The fourth-order valence-electron chi connectivity index (χ4n) is 3.25. The quantitative estimate of drug-likeness (QED) is 0.531. The second-order valence-electron chi connectivity index (χ2n) is 4.69. The molecule has 0 radical (unpaired) electrons. The first-order chi connectivity index (χ1) is 6.27. The van der Waals surface area contributed by atoms with Gasteiger partial charge in [-0.1, -0.05) is 12.2 Å². The van der Waals surface area contributed by atoms with Gasteiger partial charge in [-0.25, -0.2) is 0 Å². The van der Waals surface area contributed by atoms with Crippen LogP contribution in [0, 0.1) is 11.8 Å². The Bertz CT molecular complexity index is 222. The van der Waals surface area contributed by atoms with Gasteiger partial charge in [-0.3, -0.25) is 0 Å². The molecule has 2 atom stereocenters. The van der Waals surface area contributed by atoms with Crippen molar-refractivity contribution in [1.29, 1.82) is 0 Å². The van der Waals surface area contributed by atoms with Gasteiger partial charge in [-0.15, -0.1) is 0 Å². The summed E-state index contributed by atoms with van der Waals surface area (Å²) in [5.41, 5.74) is 1.43. The molecule has 2 heteroatoms. The van der Waals surface area contributed by atoms with E-state index < -0.39 is 0 Å². The van der Waals surface area contributed by atoms with E-state index in [0.29, 0.717) is 0 Å². The normalized spacial score (nSPS) is 41.7. The number of hydrogen-bond acceptors (Lipinski definition) is 2. The lowest BCUT2D eigenvalue weighted by Gasteiger charge is -2.22. The Kier molecular flexibility index (Phi) is 1.59. The van der Waals surface area contributed by atoms with E-state index in [1.54, 1.807) is 0 Å². The van der Waals surface area contributed by atoms with Gasteiger partial charge in [0, 0.05) is 12.8 Å². The standard InChI is InChI=1S/C11H16O2/c1-8-4-9-6-11(7-10(9)5-8)12-2-3-13-11/h9-10H,1-7H2. The predicted molar refractivity (Wildman–Crippen MR) is 49.2 cm³/mol. The van der Waals surface area contributed by atoms with Crippen LogP contribution in [0.2, 0.25) is 0 Å². The maximum absolute atomic E-state index is 5.72. The molecule has 1 saturated heterocycles. The summed E-state index contributed by atoms with van der Waals surface area (Å²) in [6, 6.07) is 0. The Hall–Kier alpha value is -0.340. The van der Waals surface area contributed by atoms with Crippen LogP contribution < -0.4 is 0 Å². The molecule has 1 heterocycles. The summed E-state index contributed by atoms with van der Waals surface area (Å²) in [7, 11) is 0. The lowest BCUT2D eigenvalue weighted by Crippen LogP contribution is -2.26. The SMILES string of the molecule is C=C1CC2CC3(CC2C1)OCCO3. The molecule has 1 aliphatic heterocycles. The van der Waals surface area contributed by atoms with E-state index in [4.69, 9.17) is 9.47 Å². The van der Waals surface area contributed by atoms with Crippen molar-refractivity contribution in [1.82, 2.24) is 0 Å². The zero-order valence-electron chi connectivity index (χ0n) is 7.92. The summed E-state index contributed by atoms with van der Waals surface area (Å²) in [6.45, 7) is 5.65. The number of ether oxygens (including phenoxy) is 2. The van der Waals surface area contributed by atoms with Crippen molar-refractivity contribution in [2.45, 2.75) is 31.5 Å². The van der Waals surface area contributed by atoms with Crippen LogP contribution in [-0.2, 0) is 9.47 Å². The lowest BCUT2D eigenvalue weighted by molar-refractivity contribution is -0.154. The van der Waals surface area contributed by atoms with Crippen LogP contribution in [0.15, 0.2) is 12.2 Å². The van der Waals surface area contributed by atoms with Crippen molar-refractivity contribution in [3.63, 3.8) is 0 Å². The second kappa shape index (κ2) is 2.58. The van der Waals surface area contributed by atoms with Crippen molar-refractivity contribution in [3.8, 4) is 0 Å². The average Bonchev–Trinajstić information content (AvgIpc) is 2.67. The summed E-state index contributed by atoms with van der Waals surface area (Å²) in [5, 5.41) is 0. The van der Waals surface area contributed by atoms with Crippen LogP contribution in [0.25, 0.3) is 0 Å². The molecule has 72 valence electrons. The molecular formula is C11H16O2. The summed E-state index contributed by atoms with van der Waals surface area (Å²) in [4.78, 5) is 0. The minimum atomic E-state index is -0.171. The van der Waals surface area contributed by atoms with E-state index >= 15 is 0 Å². The van der Waals surface area contributed by atoms with Gasteiger partial charge in [0.25, 0.3) is 0 Å². The maximum atomic E-state index is 5.72. The smallest absolute Gasteiger partial charge is 0.169 e. The number of rotatable bonds is 0. The molecule has 3 rings (SSSR count). The van der Waals surface area contributed by atoms with Crippen molar-refractivity contribution in [2.75, 3.05) is 13.2 Å². The number of hydrogen-bond donors (Lipinski definition) is 0. The van der Waals surface area contributed by atoms with Gasteiger partial charge in [0.15, 0.2) is 5.79 Å². The molecule has 2 aliphatic carbocycles. The van der Waals surface area contributed by atoms with Gasteiger partial charge in [-0.05, 0) is 24.7 Å². The molecule has 0 aromatic rings. The first-order valence-electron chi connectivity index (χ1n) is 5.22. The Morgan fingerprint density at radius 2 is 1.62 bits per heavy atom. The molecule has 0 amide bonds. The Morgan fingerprint density at radius 1 is 1.08 bits per heavy atom. The predicted octanol–water partition coefficient (Wildman–Crippen LogP) is 2.11. The summed E-state index contributed by atoms with van der Waals surface area (Å²) in [5.74, 6) is 1.42. The first-order valence-corrected chi connectivity index (χ1v) is 5.22. The van der Waals surface area contributed by atoms with Crippen LogP contribution in [0.4, 0.5) is 0 Å². The van der Waals surface area contributed by atoms with Gasteiger partial charge in [0.1, 0.15) is 0 Å². The van der Waals surface area contributed by atoms with E-state index in [1.165, 1.54) is 18.4 Å². The monoisotopic (exact) mass is 180 g/mol. The van der Waals surface area contributed by atoms with Gasteiger partial charge in [0.05, 0.1) is 13.2 Å². The minimum Gasteiger partial charge on any atom is -0.348 e. The van der Waals surface area contributed by atoms with Gasteiger partial charge in [0.2, 0.25) is 0 Å². The van der Waals surface area contributed by atoms with Crippen molar-refractivity contribution in [3.05, 3.63) is 12.2 Å². The maximum Gasteiger partial charge on any atom is 0.169 e. The zero-order chi connectivity index (χ0) is 8.89. The van der Waals surface area contributed by atoms with Crippen molar-refractivity contribution < 1.29 is 9.47 Å². The highest BCUT2D eigenvalue weighted by atomic mass is 16.7. The highest BCUT2D eigenvalue weighted by Crippen LogP contribution is 2.52. The number of fused-ring (bicyclic) bond motifs is 1. The molecule has 3 aliphatic rings. The van der Waals surface area contributed by atoms with E-state index in [9.17, 15) is 0 Å². The van der Waals surface area contributed by atoms with Crippen LogP contribution in [0.3, 0.4) is 0 Å². The van der Waals surface area contributed by atoms with Crippen LogP contribution in [-0.4, -0.2) is 19.0 Å². The number of allylic oxidation sites excluding steroid dienone is 1. The van der Waals surface area contributed by atoms with E-state index in [0.717, 1.165) is 37.9 Å². The topological polar surface area (TPSA) is 18.5 Å². The molecule has 0 N–H and O–H groups in total. The van der Waals surface area contributed by atoms with Crippen molar-refractivity contribution >= 4 is 0 Å². The molecule has 2 saturated carbocycles. The highest BCUT2D eigenvalue weighted by Gasteiger charge is 2.51. The lowest BCUT2D eigenvalue weighted by atomic mass is 10.0. The van der Waals surface area contributed by atoms with E-state index in [-0.39, 0.29) is 5.79 Å². The third-order valence-electron chi connectivity index (χ3n) is 3.73. The first kappa shape index (κ1) is 8.01. The largest absolute Gasteiger partial charge is 0.348 e. The van der Waals surface area contributed by atoms with Gasteiger partial charge < -0.3 is 9.47 Å². The summed E-state index contributed by atoms with van der Waals surface area (Å²) >= 11 is 0. The van der Waals surface area contributed by atoms with Crippen LogP contribution in [0.5, 0.6) is 0 Å². The summed E-state index contributed by atoms with van der Waals surface area (Å²) < 4.78 is 11.4. The Morgan fingerprint density at radius 3 is 2.15 bits per heavy atom. The fourth-order valence-corrected chi connectivity index (χ4v) is 3.25. The minimum absolute atomic E-state index is 0.171.